The molecule has 116 valence electrons. The predicted octanol–water partition coefficient (Wildman–Crippen LogP) is 0.967. The zero-order chi connectivity index (χ0) is 15.5. The van der Waals surface area contributed by atoms with Crippen LogP contribution in [0.4, 0.5) is 0 Å². The Balaban J connectivity index is 1.93. The fourth-order valence-electron chi connectivity index (χ4n) is 2.21. The topological polar surface area (TPSA) is 104 Å². The highest BCUT2D eigenvalue weighted by molar-refractivity contribution is 7.88. The van der Waals surface area contributed by atoms with Gasteiger partial charge in [-0.1, -0.05) is 12.1 Å². The highest BCUT2D eigenvalue weighted by Gasteiger charge is 2.42. The third-order valence-electron chi connectivity index (χ3n) is 3.82. The maximum absolute atomic E-state index is 12.0. The summed E-state index contributed by atoms with van der Waals surface area (Å²) in [7, 11) is -3.46. The Bertz CT molecular complexity index is 605. The Hall–Kier alpha value is -1.44. The minimum Gasteiger partial charge on any atom is -0.478 e. The molecule has 0 bridgehead atoms. The normalized spacial score (nSPS) is 16.6. The molecule has 0 unspecified atom stereocenters. The first-order chi connectivity index (χ1) is 9.86. The number of carboxylic acid groups (broad SMARTS) is 1. The molecule has 0 aliphatic heterocycles. The highest BCUT2D eigenvalue weighted by Crippen LogP contribution is 2.48. The van der Waals surface area contributed by atoms with Crippen LogP contribution < -0.4 is 4.72 Å². The van der Waals surface area contributed by atoms with Crippen LogP contribution in [-0.4, -0.2) is 37.8 Å². The second-order valence-electron chi connectivity index (χ2n) is 5.56. The van der Waals surface area contributed by atoms with Crippen LogP contribution in [0, 0.1) is 5.41 Å². The fourth-order valence-corrected chi connectivity index (χ4v) is 3.47. The summed E-state index contributed by atoms with van der Waals surface area (Å²) < 4.78 is 26.6. The second-order valence-corrected chi connectivity index (χ2v) is 7.36. The lowest BCUT2D eigenvalue weighted by molar-refractivity contribution is 0.0697. The maximum atomic E-state index is 12.0. The molecule has 1 aliphatic rings. The number of aliphatic hydroxyl groups is 1. The maximum Gasteiger partial charge on any atom is 0.335 e. The molecule has 7 heteroatoms. The van der Waals surface area contributed by atoms with E-state index in [4.69, 9.17) is 10.2 Å². The van der Waals surface area contributed by atoms with E-state index in [1.54, 1.807) is 0 Å². The average molecular weight is 313 g/mol. The molecule has 0 saturated heterocycles. The van der Waals surface area contributed by atoms with Crippen LogP contribution in [0.15, 0.2) is 24.3 Å². The van der Waals surface area contributed by atoms with Crippen molar-refractivity contribution in [2.24, 2.45) is 5.41 Å². The number of aliphatic hydroxyl groups excluding tert-OH is 1. The van der Waals surface area contributed by atoms with Crippen molar-refractivity contribution in [3.63, 3.8) is 0 Å². The van der Waals surface area contributed by atoms with Crippen LogP contribution in [0.25, 0.3) is 0 Å². The lowest BCUT2D eigenvalue weighted by Crippen LogP contribution is -2.31. The first-order valence-electron chi connectivity index (χ1n) is 6.76. The number of benzene rings is 1. The first kappa shape index (κ1) is 15.9. The molecule has 1 aromatic carbocycles. The van der Waals surface area contributed by atoms with Crippen molar-refractivity contribution < 1.29 is 23.4 Å². The van der Waals surface area contributed by atoms with E-state index in [2.05, 4.69) is 4.72 Å². The molecule has 0 atom stereocenters. The number of hydrogen-bond donors (Lipinski definition) is 3. The van der Waals surface area contributed by atoms with E-state index in [1.807, 2.05) is 0 Å². The monoisotopic (exact) mass is 313 g/mol. The van der Waals surface area contributed by atoms with Crippen molar-refractivity contribution in [3.05, 3.63) is 35.4 Å². The number of sulfonamides is 1. The Kier molecular flexibility index (Phi) is 4.65. The minimum absolute atomic E-state index is 0.0678. The lowest BCUT2D eigenvalue weighted by Gasteiger charge is -2.14. The quantitative estimate of drug-likeness (QED) is 0.663. The van der Waals surface area contributed by atoms with Crippen molar-refractivity contribution in [2.45, 2.75) is 25.0 Å². The number of carbonyl (C=O) groups is 1. The molecule has 0 spiro atoms. The summed E-state index contributed by atoms with van der Waals surface area (Å²) in [4.78, 5) is 10.7. The molecular formula is C14H19NO5S. The SMILES string of the molecule is O=C(O)c1ccc(CS(=O)(=O)NCC2(CCO)CC2)cc1. The summed E-state index contributed by atoms with van der Waals surface area (Å²) >= 11 is 0. The van der Waals surface area contributed by atoms with Crippen LogP contribution >= 0.6 is 0 Å². The lowest BCUT2D eigenvalue weighted by atomic mass is 10.0. The zero-order valence-electron chi connectivity index (χ0n) is 11.6. The van der Waals surface area contributed by atoms with E-state index in [-0.39, 0.29) is 23.3 Å². The van der Waals surface area contributed by atoms with Crippen molar-refractivity contribution in [2.75, 3.05) is 13.2 Å². The molecule has 6 nitrogen and oxygen atoms in total. The van der Waals surface area contributed by atoms with E-state index in [1.165, 1.54) is 24.3 Å². The van der Waals surface area contributed by atoms with E-state index in [9.17, 15) is 13.2 Å². The molecule has 0 aromatic heterocycles. The van der Waals surface area contributed by atoms with Gasteiger partial charge in [-0.15, -0.1) is 0 Å². The van der Waals surface area contributed by atoms with Gasteiger partial charge in [-0.2, -0.15) is 0 Å². The van der Waals surface area contributed by atoms with Gasteiger partial charge in [0.05, 0.1) is 11.3 Å². The summed E-state index contributed by atoms with van der Waals surface area (Å²) in [5.41, 5.74) is 0.595. The van der Waals surface area contributed by atoms with Crippen molar-refractivity contribution >= 4 is 16.0 Å². The Morgan fingerprint density at radius 1 is 1.24 bits per heavy atom. The predicted molar refractivity (Wildman–Crippen MR) is 77.4 cm³/mol. The van der Waals surface area contributed by atoms with Crippen LogP contribution in [0.1, 0.15) is 35.2 Å². The van der Waals surface area contributed by atoms with Gasteiger partial charge in [0.15, 0.2) is 0 Å². The average Bonchev–Trinajstić information content (AvgIpc) is 3.18. The van der Waals surface area contributed by atoms with E-state index in [0.29, 0.717) is 18.5 Å². The summed E-state index contributed by atoms with van der Waals surface area (Å²) in [5.74, 6) is -1.22. The first-order valence-corrected chi connectivity index (χ1v) is 8.42. The van der Waals surface area contributed by atoms with Crippen LogP contribution in [0.5, 0.6) is 0 Å². The Labute approximate surface area is 123 Å². The van der Waals surface area contributed by atoms with Gasteiger partial charge >= 0.3 is 5.97 Å². The van der Waals surface area contributed by atoms with E-state index >= 15 is 0 Å². The number of nitrogens with one attached hydrogen (secondary N) is 1. The molecule has 0 radical (unpaired) electrons. The van der Waals surface area contributed by atoms with Gasteiger partial charge in [0.1, 0.15) is 0 Å². The largest absolute Gasteiger partial charge is 0.478 e. The standard InChI is InChI=1S/C14H19NO5S/c16-8-7-14(5-6-14)10-15-21(19,20)9-11-1-3-12(4-2-11)13(17)18/h1-4,15-16H,5-10H2,(H,17,18). The fraction of sp³-hybridized carbons (Fsp3) is 0.500. The minimum atomic E-state index is -3.46. The molecule has 1 aliphatic carbocycles. The van der Waals surface area contributed by atoms with Gasteiger partial charge in [0.2, 0.25) is 10.0 Å². The van der Waals surface area contributed by atoms with E-state index in [0.717, 1.165) is 12.8 Å². The summed E-state index contributed by atoms with van der Waals surface area (Å²) in [6.45, 7) is 0.418. The highest BCUT2D eigenvalue weighted by atomic mass is 32.2. The summed E-state index contributed by atoms with van der Waals surface area (Å²) in [6.07, 6.45) is 2.48. The number of carboxylic acids is 1. The molecule has 3 N–H and O–H groups in total. The van der Waals surface area contributed by atoms with Gasteiger partial charge in [-0.05, 0) is 42.4 Å². The van der Waals surface area contributed by atoms with Gasteiger partial charge in [-0.3, -0.25) is 0 Å². The Morgan fingerprint density at radius 2 is 1.86 bits per heavy atom. The summed E-state index contributed by atoms with van der Waals surface area (Å²) in [6, 6.07) is 5.79. The third kappa shape index (κ3) is 4.52. The Morgan fingerprint density at radius 3 is 2.33 bits per heavy atom. The molecule has 0 heterocycles. The van der Waals surface area contributed by atoms with Crippen LogP contribution in [0.2, 0.25) is 0 Å². The third-order valence-corrected chi connectivity index (χ3v) is 5.12. The van der Waals surface area contributed by atoms with Gasteiger partial charge in [0, 0.05) is 13.2 Å². The number of hydrogen-bond acceptors (Lipinski definition) is 4. The van der Waals surface area contributed by atoms with E-state index < -0.39 is 16.0 Å². The smallest absolute Gasteiger partial charge is 0.335 e. The van der Waals surface area contributed by atoms with Gasteiger partial charge in [0.25, 0.3) is 0 Å². The van der Waals surface area contributed by atoms with Crippen molar-refractivity contribution in [1.82, 2.24) is 4.72 Å². The van der Waals surface area contributed by atoms with Gasteiger partial charge in [-0.25, -0.2) is 17.9 Å². The molecule has 2 rings (SSSR count). The molecular weight excluding hydrogens is 294 g/mol. The molecule has 1 fully saturated rings. The van der Waals surface area contributed by atoms with Gasteiger partial charge < -0.3 is 10.2 Å². The van der Waals surface area contributed by atoms with Crippen LogP contribution in [-0.2, 0) is 15.8 Å². The molecule has 21 heavy (non-hydrogen) atoms. The molecule has 1 saturated carbocycles. The second kappa shape index (κ2) is 6.13. The number of rotatable bonds is 8. The number of aromatic carboxylic acids is 1. The zero-order valence-corrected chi connectivity index (χ0v) is 12.4. The molecule has 1 aromatic rings. The molecule has 0 amide bonds. The summed E-state index contributed by atoms with van der Waals surface area (Å²) in [5, 5.41) is 17.7. The van der Waals surface area contributed by atoms with Crippen molar-refractivity contribution in [1.29, 1.82) is 0 Å². The van der Waals surface area contributed by atoms with Crippen LogP contribution in [0.3, 0.4) is 0 Å². The van der Waals surface area contributed by atoms with Crippen molar-refractivity contribution in [3.8, 4) is 0 Å².